The number of ether oxygens (including phenoxy) is 1. The summed E-state index contributed by atoms with van der Waals surface area (Å²) in [5.41, 5.74) is 4.00. The number of fused-ring (bicyclic) bond motifs is 1. The highest BCUT2D eigenvalue weighted by Gasteiger charge is 2.24. The lowest BCUT2D eigenvalue weighted by molar-refractivity contribution is -0.124. The highest BCUT2D eigenvalue weighted by atomic mass is 16.5. The van der Waals surface area contributed by atoms with Crippen LogP contribution >= 0.6 is 0 Å². The molecule has 0 saturated carbocycles. The molecule has 2 unspecified atom stereocenters. The van der Waals surface area contributed by atoms with Crippen molar-refractivity contribution in [3.05, 3.63) is 54.0 Å². The van der Waals surface area contributed by atoms with E-state index < -0.39 is 5.91 Å². The molecule has 8 nitrogen and oxygen atoms in total. The molecule has 3 N–H and O–H groups in total. The van der Waals surface area contributed by atoms with Gasteiger partial charge < -0.3 is 9.72 Å². The first-order chi connectivity index (χ1) is 12.1. The quantitative estimate of drug-likeness (QED) is 0.361. The van der Waals surface area contributed by atoms with E-state index in [1.165, 1.54) is 17.6 Å². The topological polar surface area (TPSA) is 105 Å². The maximum atomic E-state index is 11.1. The van der Waals surface area contributed by atoms with Crippen LogP contribution in [-0.2, 0) is 9.53 Å². The zero-order valence-electron chi connectivity index (χ0n) is 13.9. The molecule has 2 atom stereocenters. The van der Waals surface area contributed by atoms with Gasteiger partial charge in [-0.2, -0.15) is 0 Å². The van der Waals surface area contributed by atoms with Crippen molar-refractivity contribution >= 4 is 22.9 Å². The van der Waals surface area contributed by atoms with Crippen molar-refractivity contribution in [1.82, 2.24) is 25.5 Å². The highest BCUT2D eigenvalue weighted by Crippen LogP contribution is 2.26. The van der Waals surface area contributed by atoms with Gasteiger partial charge in [-0.1, -0.05) is 23.4 Å². The molecule has 2 aromatic heterocycles. The van der Waals surface area contributed by atoms with E-state index in [1.807, 2.05) is 31.2 Å². The van der Waals surface area contributed by atoms with E-state index in [0.717, 1.165) is 16.6 Å². The minimum absolute atomic E-state index is 0.160. The molecular formula is C17H19N5O3. The van der Waals surface area contributed by atoms with Crippen molar-refractivity contribution in [2.75, 3.05) is 7.11 Å². The van der Waals surface area contributed by atoms with Crippen molar-refractivity contribution in [1.29, 1.82) is 0 Å². The summed E-state index contributed by atoms with van der Waals surface area (Å²) in [5, 5.41) is 17.8. The van der Waals surface area contributed by atoms with Crippen LogP contribution in [0, 0.1) is 0 Å². The number of methoxy groups -OCH3 is 1. The van der Waals surface area contributed by atoms with Crippen LogP contribution in [-0.4, -0.2) is 44.3 Å². The summed E-state index contributed by atoms with van der Waals surface area (Å²) in [4.78, 5) is 14.5. The predicted molar refractivity (Wildman–Crippen MR) is 91.9 cm³/mol. The Bertz CT molecular complexity index is 865. The van der Waals surface area contributed by atoms with Crippen molar-refractivity contribution in [3.63, 3.8) is 0 Å². The Labute approximate surface area is 144 Å². The Kier molecular flexibility index (Phi) is 4.92. The van der Waals surface area contributed by atoms with Crippen molar-refractivity contribution < 1.29 is 14.7 Å². The molecule has 1 aromatic carbocycles. The number of para-hydroxylation sites is 1. The normalized spacial score (nSPS) is 14.0. The van der Waals surface area contributed by atoms with Gasteiger partial charge in [0.05, 0.1) is 12.3 Å². The molecule has 25 heavy (non-hydrogen) atoms. The lowest BCUT2D eigenvalue weighted by Gasteiger charge is -2.21. The molecule has 0 aliphatic heterocycles. The second-order valence-corrected chi connectivity index (χ2v) is 5.63. The number of carbonyl (C=O) groups is 1. The molecule has 1 amide bonds. The molecule has 2 heterocycles. The standard InChI is InChI=1S/C17H19N5O3/c1-11(25-2)17(15-9-12-5-3-4-6-14(12)18-15)22-10-13(19-21-22)7-8-16(23)20-24/h3-11,17-18,24H,1-2H3,(H,20,23). The van der Waals surface area contributed by atoms with Crippen LogP contribution in [0.1, 0.15) is 24.4 Å². The first-order valence-corrected chi connectivity index (χ1v) is 7.77. The first kappa shape index (κ1) is 16.9. The molecular weight excluding hydrogens is 322 g/mol. The number of nitrogens with zero attached hydrogens (tertiary/aromatic N) is 3. The summed E-state index contributed by atoms with van der Waals surface area (Å²) in [6.45, 7) is 1.95. The average molecular weight is 341 g/mol. The van der Waals surface area contributed by atoms with Crippen LogP contribution in [0.2, 0.25) is 0 Å². The van der Waals surface area contributed by atoms with Gasteiger partial charge in [-0.05, 0) is 30.5 Å². The largest absolute Gasteiger partial charge is 0.379 e. The Balaban J connectivity index is 1.95. The van der Waals surface area contributed by atoms with Gasteiger partial charge in [0.25, 0.3) is 5.91 Å². The molecule has 8 heteroatoms. The third-order valence-electron chi connectivity index (χ3n) is 4.01. The van der Waals surface area contributed by atoms with Gasteiger partial charge in [-0.3, -0.25) is 10.0 Å². The van der Waals surface area contributed by atoms with Gasteiger partial charge in [-0.25, -0.2) is 10.2 Å². The van der Waals surface area contributed by atoms with Gasteiger partial charge in [0.2, 0.25) is 0 Å². The van der Waals surface area contributed by atoms with E-state index in [1.54, 1.807) is 18.0 Å². The summed E-state index contributed by atoms with van der Waals surface area (Å²) >= 11 is 0. The van der Waals surface area contributed by atoms with E-state index in [9.17, 15) is 4.79 Å². The Morgan fingerprint density at radius 1 is 1.44 bits per heavy atom. The van der Waals surface area contributed by atoms with Crippen molar-refractivity contribution in [3.8, 4) is 0 Å². The van der Waals surface area contributed by atoms with E-state index in [2.05, 4.69) is 21.4 Å². The van der Waals surface area contributed by atoms with Crippen LogP contribution in [0.4, 0.5) is 0 Å². The monoisotopic (exact) mass is 341 g/mol. The summed E-state index contributed by atoms with van der Waals surface area (Å²) in [7, 11) is 1.64. The molecule has 3 aromatic rings. The molecule has 130 valence electrons. The molecule has 0 aliphatic rings. The summed E-state index contributed by atoms with van der Waals surface area (Å²) in [6, 6.07) is 9.86. The first-order valence-electron chi connectivity index (χ1n) is 7.77. The maximum absolute atomic E-state index is 11.1. The van der Waals surface area contributed by atoms with Crippen LogP contribution in [0.3, 0.4) is 0 Å². The molecule has 3 rings (SSSR count). The molecule has 0 bridgehead atoms. The van der Waals surface area contributed by atoms with Crippen molar-refractivity contribution in [2.45, 2.75) is 19.1 Å². The minimum atomic E-state index is -0.632. The zero-order chi connectivity index (χ0) is 17.8. The number of nitrogens with one attached hydrogen (secondary N) is 2. The predicted octanol–water partition coefficient (Wildman–Crippen LogP) is 1.90. The van der Waals surface area contributed by atoms with Gasteiger partial charge in [0.1, 0.15) is 11.7 Å². The summed E-state index contributed by atoms with van der Waals surface area (Å²) < 4.78 is 7.21. The Morgan fingerprint density at radius 2 is 2.24 bits per heavy atom. The van der Waals surface area contributed by atoms with Crippen LogP contribution in [0.25, 0.3) is 17.0 Å². The summed E-state index contributed by atoms with van der Waals surface area (Å²) in [6.07, 6.45) is 4.19. The molecule has 0 fully saturated rings. The average Bonchev–Trinajstić information content (AvgIpc) is 3.26. The fourth-order valence-electron chi connectivity index (χ4n) is 2.70. The third-order valence-corrected chi connectivity index (χ3v) is 4.01. The third kappa shape index (κ3) is 3.59. The van der Waals surface area contributed by atoms with Crippen LogP contribution in [0.5, 0.6) is 0 Å². The summed E-state index contributed by atoms with van der Waals surface area (Å²) in [5.74, 6) is -0.632. The van der Waals surface area contributed by atoms with Crippen molar-refractivity contribution in [2.24, 2.45) is 0 Å². The molecule has 0 saturated heterocycles. The SMILES string of the molecule is COC(C)C(c1cc2ccccc2[nH]1)n1cc(C=CC(=O)NO)nn1. The smallest absolute Gasteiger partial charge is 0.267 e. The van der Waals surface area contributed by atoms with E-state index in [-0.39, 0.29) is 12.1 Å². The van der Waals surface area contributed by atoms with Gasteiger partial charge in [0.15, 0.2) is 0 Å². The minimum Gasteiger partial charge on any atom is -0.379 e. The maximum Gasteiger partial charge on any atom is 0.267 e. The highest BCUT2D eigenvalue weighted by molar-refractivity contribution is 5.90. The number of H-pyrrole nitrogens is 1. The lowest BCUT2D eigenvalue weighted by atomic mass is 10.1. The number of rotatable bonds is 6. The van der Waals surface area contributed by atoms with E-state index in [4.69, 9.17) is 9.94 Å². The number of aromatic nitrogens is 4. The number of benzene rings is 1. The van der Waals surface area contributed by atoms with E-state index >= 15 is 0 Å². The second kappa shape index (κ2) is 7.29. The number of hydrogen-bond donors (Lipinski definition) is 3. The van der Waals surface area contributed by atoms with Crippen LogP contribution < -0.4 is 5.48 Å². The number of amides is 1. The molecule has 0 radical (unpaired) electrons. The Morgan fingerprint density at radius 3 is 2.96 bits per heavy atom. The number of aromatic amines is 1. The van der Waals surface area contributed by atoms with Gasteiger partial charge in [0, 0.05) is 24.4 Å². The Hall–Kier alpha value is -2.97. The molecule has 0 spiro atoms. The lowest BCUT2D eigenvalue weighted by Crippen LogP contribution is -2.25. The van der Waals surface area contributed by atoms with Gasteiger partial charge in [-0.15, -0.1) is 5.10 Å². The molecule has 0 aliphatic carbocycles. The van der Waals surface area contributed by atoms with E-state index in [0.29, 0.717) is 5.69 Å². The second-order valence-electron chi connectivity index (χ2n) is 5.63. The zero-order valence-corrected chi connectivity index (χ0v) is 13.9. The number of hydroxylamine groups is 1. The number of carbonyl (C=O) groups excluding carboxylic acids is 1. The van der Waals surface area contributed by atoms with Gasteiger partial charge >= 0.3 is 0 Å². The fraction of sp³-hybridized carbons (Fsp3) is 0.235. The van der Waals surface area contributed by atoms with Crippen LogP contribution in [0.15, 0.2) is 42.6 Å². The fourth-order valence-corrected chi connectivity index (χ4v) is 2.70. The number of hydrogen-bond acceptors (Lipinski definition) is 5.